The number of nitrogens with one attached hydrogen (secondary N) is 2. The fourth-order valence-corrected chi connectivity index (χ4v) is 2.66. The van der Waals surface area contributed by atoms with Crippen LogP contribution in [0.2, 0.25) is 0 Å². The molecule has 0 aliphatic carbocycles. The number of carbonyl (C=O) groups is 1. The van der Waals surface area contributed by atoms with Crippen molar-refractivity contribution in [2.75, 3.05) is 38.1 Å². The van der Waals surface area contributed by atoms with Crippen molar-refractivity contribution in [2.45, 2.75) is 32.4 Å². The molecule has 0 bridgehead atoms. The molecule has 146 valence electrons. The highest BCUT2D eigenvalue weighted by Gasteiger charge is 2.28. The van der Waals surface area contributed by atoms with Gasteiger partial charge in [-0.25, -0.2) is 9.78 Å². The van der Waals surface area contributed by atoms with Gasteiger partial charge in [-0.1, -0.05) is 6.92 Å². The zero-order valence-corrected chi connectivity index (χ0v) is 14.8. The van der Waals surface area contributed by atoms with Crippen molar-refractivity contribution in [1.29, 1.82) is 0 Å². The Bertz CT molecular complexity index is 558. The number of piperidine rings is 1. The van der Waals surface area contributed by atoms with Crippen LogP contribution in [0.25, 0.3) is 0 Å². The highest BCUT2D eigenvalue weighted by molar-refractivity contribution is 5.88. The number of likely N-dealkylation sites (tertiary alicyclic amines) is 1. The summed E-state index contributed by atoms with van der Waals surface area (Å²) in [5.74, 6) is 0.651. The number of hydrogen-bond donors (Lipinski definition) is 2. The number of pyridine rings is 1. The summed E-state index contributed by atoms with van der Waals surface area (Å²) in [5, 5.41) is 5.34. The molecule has 26 heavy (non-hydrogen) atoms. The Morgan fingerprint density at radius 3 is 2.69 bits per heavy atom. The summed E-state index contributed by atoms with van der Waals surface area (Å²) in [6.45, 7) is 4.61. The van der Waals surface area contributed by atoms with E-state index in [1.165, 1.54) is 31.2 Å². The summed E-state index contributed by atoms with van der Waals surface area (Å²) in [7, 11) is 0. The molecule has 0 saturated carbocycles. The van der Waals surface area contributed by atoms with Gasteiger partial charge in [0.2, 0.25) is 5.88 Å². The minimum absolute atomic E-state index is 0.149. The zero-order valence-electron chi connectivity index (χ0n) is 14.8. The summed E-state index contributed by atoms with van der Waals surface area (Å²) in [5.41, 5.74) is 0.381. The van der Waals surface area contributed by atoms with Crippen LogP contribution in [0.15, 0.2) is 18.3 Å². The van der Waals surface area contributed by atoms with Crippen molar-refractivity contribution in [3.63, 3.8) is 0 Å². The Kier molecular flexibility index (Phi) is 7.50. The minimum Gasteiger partial charge on any atom is -0.468 e. The number of hydrogen-bond acceptors (Lipinski definition) is 4. The molecular formula is C17H25F3N4O2. The molecule has 1 aliphatic rings. The second kappa shape index (κ2) is 9.61. The van der Waals surface area contributed by atoms with Crippen molar-refractivity contribution >= 4 is 11.7 Å². The van der Waals surface area contributed by atoms with Crippen molar-refractivity contribution in [3.8, 4) is 5.88 Å². The monoisotopic (exact) mass is 374 g/mol. The lowest BCUT2D eigenvalue weighted by atomic mass is 9.99. The van der Waals surface area contributed by atoms with E-state index in [9.17, 15) is 18.0 Å². The first-order chi connectivity index (χ1) is 12.3. The zero-order chi connectivity index (χ0) is 19.0. The number of alkyl halides is 3. The van der Waals surface area contributed by atoms with Gasteiger partial charge in [0.05, 0.1) is 11.9 Å². The second-order valence-electron chi connectivity index (χ2n) is 6.55. The number of nitrogens with zero attached hydrogens (tertiary/aromatic N) is 2. The lowest BCUT2D eigenvalue weighted by Crippen LogP contribution is -2.36. The Morgan fingerprint density at radius 1 is 1.35 bits per heavy atom. The van der Waals surface area contributed by atoms with Crippen LogP contribution in [0, 0.1) is 5.92 Å². The summed E-state index contributed by atoms with van der Waals surface area (Å²) in [6.07, 6.45) is 0.155. The van der Waals surface area contributed by atoms with Crippen LogP contribution in [0.4, 0.5) is 23.7 Å². The molecule has 2 rings (SSSR count). The highest BCUT2D eigenvalue weighted by atomic mass is 19.4. The predicted octanol–water partition coefficient (Wildman–Crippen LogP) is 3.27. The molecule has 1 aromatic rings. The Hall–Kier alpha value is -2.03. The molecule has 1 saturated heterocycles. The molecule has 0 atom stereocenters. The van der Waals surface area contributed by atoms with E-state index in [-0.39, 0.29) is 11.9 Å². The highest BCUT2D eigenvalue weighted by Crippen LogP contribution is 2.18. The maximum absolute atomic E-state index is 12.1. The fraction of sp³-hybridized carbons (Fsp3) is 0.647. The van der Waals surface area contributed by atoms with Gasteiger partial charge in [-0.2, -0.15) is 13.2 Å². The first-order valence-corrected chi connectivity index (χ1v) is 8.74. The van der Waals surface area contributed by atoms with Crippen LogP contribution < -0.4 is 15.4 Å². The largest absolute Gasteiger partial charge is 0.468 e. The van der Waals surface area contributed by atoms with Crippen LogP contribution in [0.3, 0.4) is 0 Å². The molecular weight excluding hydrogens is 349 g/mol. The SMILES string of the molecule is CC1CCN(CCCNC(=O)Nc2ccc(OCC(F)(F)F)nc2)CC1. The molecule has 9 heteroatoms. The number of rotatable bonds is 7. The average Bonchev–Trinajstić information content (AvgIpc) is 2.59. The Labute approximate surface area is 151 Å². The van der Waals surface area contributed by atoms with E-state index < -0.39 is 12.8 Å². The molecule has 1 aromatic heterocycles. The molecule has 2 heterocycles. The summed E-state index contributed by atoms with van der Waals surface area (Å²) in [6, 6.07) is 2.34. The van der Waals surface area contributed by atoms with Crippen molar-refractivity contribution in [3.05, 3.63) is 18.3 Å². The summed E-state index contributed by atoms with van der Waals surface area (Å²) in [4.78, 5) is 17.9. The van der Waals surface area contributed by atoms with Gasteiger partial charge in [0, 0.05) is 12.6 Å². The van der Waals surface area contributed by atoms with E-state index in [0.29, 0.717) is 12.2 Å². The second-order valence-corrected chi connectivity index (χ2v) is 6.55. The number of carbonyl (C=O) groups excluding carboxylic acids is 1. The van der Waals surface area contributed by atoms with Gasteiger partial charge in [0.25, 0.3) is 0 Å². The third kappa shape index (κ3) is 7.90. The normalized spacial score (nSPS) is 16.3. The Morgan fingerprint density at radius 2 is 2.08 bits per heavy atom. The Balaban J connectivity index is 1.61. The van der Waals surface area contributed by atoms with Crippen LogP contribution >= 0.6 is 0 Å². The lowest BCUT2D eigenvalue weighted by molar-refractivity contribution is -0.154. The summed E-state index contributed by atoms with van der Waals surface area (Å²) < 4.78 is 40.7. The molecule has 1 fully saturated rings. The van der Waals surface area contributed by atoms with Crippen LogP contribution in [-0.4, -0.2) is 54.9 Å². The number of anilines is 1. The topological polar surface area (TPSA) is 66.5 Å². The van der Waals surface area contributed by atoms with Crippen molar-refractivity contribution < 1.29 is 22.7 Å². The average molecular weight is 374 g/mol. The van der Waals surface area contributed by atoms with Gasteiger partial charge in [0.1, 0.15) is 0 Å². The van der Waals surface area contributed by atoms with Gasteiger partial charge in [-0.05, 0) is 50.9 Å². The number of urea groups is 1. The number of halogens is 3. The van der Waals surface area contributed by atoms with E-state index in [4.69, 9.17) is 0 Å². The quantitative estimate of drug-likeness (QED) is 0.719. The molecule has 0 aromatic carbocycles. The van der Waals surface area contributed by atoms with Crippen LogP contribution in [0.5, 0.6) is 5.88 Å². The number of aromatic nitrogens is 1. The molecule has 0 spiro atoms. The standard InChI is InChI=1S/C17H25F3N4O2/c1-13-5-9-24(10-6-13)8-2-7-21-16(25)23-14-3-4-15(22-11-14)26-12-17(18,19)20/h3-4,11,13H,2,5-10,12H2,1H3,(H2,21,23,25). The predicted molar refractivity (Wildman–Crippen MR) is 92.3 cm³/mol. The van der Waals surface area contributed by atoms with E-state index in [0.717, 1.165) is 32.0 Å². The van der Waals surface area contributed by atoms with E-state index >= 15 is 0 Å². The first-order valence-electron chi connectivity index (χ1n) is 8.74. The van der Waals surface area contributed by atoms with E-state index in [2.05, 4.69) is 32.2 Å². The van der Waals surface area contributed by atoms with Crippen molar-refractivity contribution in [1.82, 2.24) is 15.2 Å². The van der Waals surface area contributed by atoms with Gasteiger partial charge in [-0.15, -0.1) is 0 Å². The fourth-order valence-electron chi connectivity index (χ4n) is 2.66. The van der Waals surface area contributed by atoms with Crippen molar-refractivity contribution in [2.24, 2.45) is 5.92 Å². The molecule has 1 aliphatic heterocycles. The lowest BCUT2D eigenvalue weighted by Gasteiger charge is -2.30. The van der Waals surface area contributed by atoms with Gasteiger partial charge in [0.15, 0.2) is 6.61 Å². The first kappa shape index (κ1) is 20.3. The van der Waals surface area contributed by atoms with Crippen LogP contribution in [0.1, 0.15) is 26.2 Å². The van der Waals surface area contributed by atoms with Gasteiger partial charge >= 0.3 is 12.2 Å². The summed E-state index contributed by atoms with van der Waals surface area (Å²) >= 11 is 0. The molecule has 0 unspecified atom stereocenters. The molecule has 2 N–H and O–H groups in total. The van der Waals surface area contributed by atoms with E-state index in [1.807, 2.05) is 0 Å². The third-order valence-corrected chi connectivity index (χ3v) is 4.19. The molecule has 6 nitrogen and oxygen atoms in total. The third-order valence-electron chi connectivity index (χ3n) is 4.19. The van der Waals surface area contributed by atoms with Gasteiger partial charge < -0.3 is 20.3 Å². The van der Waals surface area contributed by atoms with E-state index in [1.54, 1.807) is 0 Å². The number of ether oxygens (including phenoxy) is 1. The molecule has 0 radical (unpaired) electrons. The van der Waals surface area contributed by atoms with Gasteiger partial charge in [-0.3, -0.25) is 0 Å². The maximum Gasteiger partial charge on any atom is 0.422 e. The number of amides is 2. The maximum atomic E-state index is 12.1. The minimum atomic E-state index is -4.41. The van der Waals surface area contributed by atoms with Crippen LogP contribution in [-0.2, 0) is 0 Å². The molecule has 2 amide bonds. The smallest absolute Gasteiger partial charge is 0.422 e.